The highest BCUT2D eigenvalue weighted by atomic mass is 32.2. The fourth-order valence-corrected chi connectivity index (χ4v) is 2.05. The monoisotopic (exact) mass is 254 g/mol. The number of benzene rings is 1. The second-order valence-electron chi connectivity index (χ2n) is 3.95. The molecule has 1 aromatic rings. The standard InChI is InChI=1S/C13H18O3S/c1-11(7-14)9-17-10-13(15)16-8-12-5-3-2-4-6-12/h2-6,11,14H,7-10H2,1H3. The van der Waals surface area contributed by atoms with Crippen LogP contribution in [0.5, 0.6) is 0 Å². The van der Waals surface area contributed by atoms with Gasteiger partial charge in [0.05, 0.1) is 5.75 Å². The molecule has 1 aromatic carbocycles. The van der Waals surface area contributed by atoms with Gasteiger partial charge in [-0.1, -0.05) is 37.3 Å². The SMILES string of the molecule is CC(CO)CSCC(=O)OCc1ccccc1. The van der Waals surface area contributed by atoms with Gasteiger partial charge in [0.15, 0.2) is 0 Å². The summed E-state index contributed by atoms with van der Waals surface area (Å²) in [6, 6.07) is 9.61. The molecule has 1 rings (SSSR count). The highest BCUT2D eigenvalue weighted by Crippen LogP contribution is 2.09. The molecule has 1 N–H and O–H groups in total. The third-order valence-electron chi connectivity index (χ3n) is 2.18. The van der Waals surface area contributed by atoms with Crippen LogP contribution in [-0.4, -0.2) is 29.2 Å². The zero-order valence-corrected chi connectivity index (χ0v) is 10.8. The molecule has 0 saturated heterocycles. The molecule has 94 valence electrons. The summed E-state index contributed by atoms with van der Waals surface area (Å²) in [5.74, 6) is 1.14. The number of hydrogen-bond donors (Lipinski definition) is 1. The van der Waals surface area contributed by atoms with E-state index in [1.54, 1.807) is 0 Å². The first-order chi connectivity index (χ1) is 8.22. The van der Waals surface area contributed by atoms with Crippen LogP contribution < -0.4 is 0 Å². The predicted molar refractivity (Wildman–Crippen MR) is 69.8 cm³/mol. The molecule has 1 atom stereocenters. The first-order valence-electron chi connectivity index (χ1n) is 5.60. The summed E-state index contributed by atoms with van der Waals surface area (Å²) in [6.45, 7) is 2.43. The molecule has 0 aliphatic heterocycles. The third kappa shape index (κ3) is 6.34. The Bertz CT molecular complexity index is 327. The highest BCUT2D eigenvalue weighted by Gasteiger charge is 2.06. The molecule has 4 heteroatoms. The Hall–Kier alpha value is -1.00. The molecule has 0 heterocycles. The van der Waals surface area contributed by atoms with E-state index in [-0.39, 0.29) is 18.5 Å². The lowest BCUT2D eigenvalue weighted by atomic mass is 10.2. The van der Waals surface area contributed by atoms with Crippen molar-refractivity contribution < 1.29 is 14.6 Å². The minimum absolute atomic E-state index is 0.159. The van der Waals surface area contributed by atoms with Crippen molar-refractivity contribution in [2.24, 2.45) is 5.92 Å². The molecule has 3 nitrogen and oxygen atoms in total. The summed E-state index contributed by atoms with van der Waals surface area (Å²) in [6.07, 6.45) is 0. The summed E-state index contributed by atoms with van der Waals surface area (Å²) >= 11 is 1.49. The van der Waals surface area contributed by atoms with E-state index >= 15 is 0 Å². The maximum Gasteiger partial charge on any atom is 0.316 e. The average molecular weight is 254 g/mol. The summed E-state index contributed by atoms with van der Waals surface area (Å²) in [5, 5.41) is 8.82. The third-order valence-corrected chi connectivity index (χ3v) is 3.42. The van der Waals surface area contributed by atoms with Gasteiger partial charge in [-0.3, -0.25) is 4.79 Å². The predicted octanol–water partition coefficient (Wildman–Crippen LogP) is 2.09. The van der Waals surface area contributed by atoms with Crippen LogP contribution in [-0.2, 0) is 16.1 Å². The minimum Gasteiger partial charge on any atom is -0.460 e. The topological polar surface area (TPSA) is 46.5 Å². The second-order valence-corrected chi connectivity index (χ2v) is 4.98. The van der Waals surface area contributed by atoms with Gasteiger partial charge in [-0.2, -0.15) is 0 Å². The molecule has 0 spiro atoms. The van der Waals surface area contributed by atoms with Gasteiger partial charge in [-0.15, -0.1) is 11.8 Å². The van der Waals surface area contributed by atoms with Crippen molar-refractivity contribution in [3.05, 3.63) is 35.9 Å². The molecule has 0 radical (unpaired) electrons. The Morgan fingerprint density at radius 2 is 2.12 bits per heavy atom. The van der Waals surface area contributed by atoms with Crippen LogP contribution in [0.15, 0.2) is 30.3 Å². The van der Waals surface area contributed by atoms with Crippen molar-refractivity contribution in [2.75, 3.05) is 18.1 Å². The maximum absolute atomic E-state index is 11.4. The second kappa shape index (κ2) is 8.14. The number of esters is 1. The van der Waals surface area contributed by atoms with Gasteiger partial charge in [-0.25, -0.2) is 0 Å². The van der Waals surface area contributed by atoms with Crippen molar-refractivity contribution in [3.8, 4) is 0 Å². The Kier molecular flexibility index (Phi) is 6.74. The van der Waals surface area contributed by atoms with E-state index in [1.165, 1.54) is 11.8 Å². The molecular formula is C13H18O3S. The lowest BCUT2D eigenvalue weighted by Gasteiger charge is -2.07. The van der Waals surface area contributed by atoms with E-state index in [1.807, 2.05) is 37.3 Å². The zero-order valence-electron chi connectivity index (χ0n) is 9.96. The van der Waals surface area contributed by atoms with E-state index in [9.17, 15) is 4.79 Å². The molecule has 0 saturated carbocycles. The lowest BCUT2D eigenvalue weighted by Crippen LogP contribution is -2.10. The van der Waals surface area contributed by atoms with Gasteiger partial charge < -0.3 is 9.84 Å². The molecule has 17 heavy (non-hydrogen) atoms. The molecule has 0 fully saturated rings. The highest BCUT2D eigenvalue weighted by molar-refractivity contribution is 7.99. The van der Waals surface area contributed by atoms with Crippen LogP contribution in [0.4, 0.5) is 0 Å². The number of ether oxygens (including phenoxy) is 1. The average Bonchev–Trinajstić information content (AvgIpc) is 2.37. The van der Waals surface area contributed by atoms with Crippen LogP contribution in [0.3, 0.4) is 0 Å². The van der Waals surface area contributed by atoms with Gasteiger partial charge in [-0.05, 0) is 17.2 Å². The van der Waals surface area contributed by atoms with E-state index < -0.39 is 0 Å². The fourth-order valence-electron chi connectivity index (χ4n) is 1.18. The summed E-state index contributed by atoms with van der Waals surface area (Å²) < 4.78 is 5.12. The first-order valence-corrected chi connectivity index (χ1v) is 6.76. The quantitative estimate of drug-likeness (QED) is 0.757. The Labute approximate surface area is 106 Å². The van der Waals surface area contributed by atoms with Crippen LogP contribution in [0.25, 0.3) is 0 Å². The van der Waals surface area contributed by atoms with Crippen molar-refractivity contribution in [2.45, 2.75) is 13.5 Å². The molecule has 0 aliphatic carbocycles. The largest absolute Gasteiger partial charge is 0.460 e. The number of carbonyl (C=O) groups excluding carboxylic acids is 1. The molecular weight excluding hydrogens is 236 g/mol. The van der Waals surface area contributed by atoms with E-state index in [0.717, 1.165) is 11.3 Å². The molecule has 1 unspecified atom stereocenters. The molecule has 0 amide bonds. The van der Waals surface area contributed by atoms with E-state index in [2.05, 4.69) is 0 Å². The Balaban J connectivity index is 2.13. The van der Waals surface area contributed by atoms with Crippen LogP contribution >= 0.6 is 11.8 Å². The minimum atomic E-state index is -0.205. The maximum atomic E-state index is 11.4. The summed E-state index contributed by atoms with van der Waals surface area (Å²) in [7, 11) is 0. The number of aliphatic hydroxyl groups is 1. The number of hydrogen-bond acceptors (Lipinski definition) is 4. The van der Waals surface area contributed by atoms with Crippen molar-refractivity contribution in [3.63, 3.8) is 0 Å². The lowest BCUT2D eigenvalue weighted by molar-refractivity contribution is -0.141. The smallest absolute Gasteiger partial charge is 0.316 e. The Morgan fingerprint density at radius 3 is 2.76 bits per heavy atom. The fraction of sp³-hybridized carbons (Fsp3) is 0.462. The van der Waals surface area contributed by atoms with Crippen molar-refractivity contribution in [1.82, 2.24) is 0 Å². The molecule has 0 aliphatic rings. The first kappa shape index (κ1) is 14.1. The van der Waals surface area contributed by atoms with Crippen LogP contribution in [0.2, 0.25) is 0 Å². The van der Waals surface area contributed by atoms with Gasteiger partial charge in [0.1, 0.15) is 6.61 Å². The van der Waals surface area contributed by atoms with E-state index in [4.69, 9.17) is 9.84 Å². The normalized spacial score (nSPS) is 12.1. The van der Waals surface area contributed by atoms with Gasteiger partial charge >= 0.3 is 5.97 Å². The van der Waals surface area contributed by atoms with Gasteiger partial charge in [0.25, 0.3) is 0 Å². The summed E-state index contributed by atoms with van der Waals surface area (Å²) in [5.41, 5.74) is 0.995. The number of aliphatic hydroxyl groups excluding tert-OH is 1. The number of thioether (sulfide) groups is 1. The van der Waals surface area contributed by atoms with Gasteiger partial charge in [0, 0.05) is 6.61 Å². The number of carbonyl (C=O) groups is 1. The van der Waals surface area contributed by atoms with Crippen LogP contribution in [0, 0.1) is 5.92 Å². The van der Waals surface area contributed by atoms with E-state index in [0.29, 0.717) is 12.4 Å². The molecule has 0 bridgehead atoms. The van der Waals surface area contributed by atoms with Gasteiger partial charge in [0.2, 0.25) is 0 Å². The zero-order chi connectivity index (χ0) is 12.5. The molecule has 0 aromatic heterocycles. The Morgan fingerprint density at radius 1 is 1.41 bits per heavy atom. The van der Waals surface area contributed by atoms with Crippen molar-refractivity contribution >= 4 is 17.7 Å². The summed E-state index contributed by atoms with van der Waals surface area (Å²) in [4.78, 5) is 11.4. The van der Waals surface area contributed by atoms with Crippen LogP contribution in [0.1, 0.15) is 12.5 Å². The van der Waals surface area contributed by atoms with Crippen molar-refractivity contribution in [1.29, 1.82) is 0 Å². The number of rotatable bonds is 7.